The number of carbonyl (C=O) groups excluding carboxylic acids is 1. The molecule has 0 spiro atoms. The summed E-state index contributed by atoms with van der Waals surface area (Å²) < 4.78 is 1.61. The number of anilines is 3. The van der Waals surface area contributed by atoms with Crippen LogP contribution in [-0.2, 0) is 7.05 Å². The van der Waals surface area contributed by atoms with Gasteiger partial charge in [0.15, 0.2) is 0 Å². The van der Waals surface area contributed by atoms with Gasteiger partial charge in [0.1, 0.15) is 17.2 Å². The molecule has 0 fully saturated rings. The summed E-state index contributed by atoms with van der Waals surface area (Å²) in [6, 6.07) is 13.7. The molecule has 0 atom stereocenters. The number of hydrogen-bond acceptors (Lipinski definition) is 5. The number of carbonyl (C=O) groups is 1. The van der Waals surface area contributed by atoms with Crippen LogP contribution in [0.15, 0.2) is 48.7 Å². The topological polar surface area (TPSA) is 78.8 Å². The van der Waals surface area contributed by atoms with E-state index in [9.17, 15) is 4.79 Å². The maximum atomic E-state index is 12.9. The SMILES string of the molecule is Cc1cc(C(=O)c2c[nH]c3nc(Nc4cccc(N(C)C)c4)ccc23)n(C)n1. The zero-order chi connectivity index (χ0) is 19.8. The van der Waals surface area contributed by atoms with Crippen LogP contribution in [-0.4, -0.2) is 39.6 Å². The lowest BCUT2D eigenvalue weighted by molar-refractivity contribution is 0.103. The van der Waals surface area contributed by atoms with Gasteiger partial charge in [-0.05, 0) is 43.3 Å². The molecule has 4 aromatic rings. The molecule has 0 bridgehead atoms. The average Bonchev–Trinajstić information content (AvgIpc) is 3.23. The molecular formula is C21H22N6O. The Morgan fingerprint density at radius 1 is 1.18 bits per heavy atom. The maximum absolute atomic E-state index is 12.9. The smallest absolute Gasteiger partial charge is 0.213 e. The summed E-state index contributed by atoms with van der Waals surface area (Å²) in [5.41, 5.74) is 4.68. The lowest BCUT2D eigenvalue weighted by Crippen LogP contribution is -2.08. The van der Waals surface area contributed by atoms with E-state index in [0.29, 0.717) is 22.7 Å². The van der Waals surface area contributed by atoms with Gasteiger partial charge in [0.25, 0.3) is 0 Å². The molecule has 3 aromatic heterocycles. The fraction of sp³-hybridized carbons (Fsp3) is 0.190. The van der Waals surface area contributed by atoms with Crippen LogP contribution in [0.3, 0.4) is 0 Å². The van der Waals surface area contributed by atoms with Crippen LogP contribution in [0.1, 0.15) is 21.7 Å². The Balaban J connectivity index is 1.64. The lowest BCUT2D eigenvalue weighted by atomic mass is 10.1. The highest BCUT2D eigenvalue weighted by Gasteiger charge is 2.18. The number of aromatic nitrogens is 4. The van der Waals surface area contributed by atoms with Crippen LogP contribution in [0.2, 0.25) is 0 Å². The van der Waals surface area contributed by atoms with Crippen LogP contribution < -0.4 is 10.2 Å². The largest absolute Gasteiger partial charge is 0.378 e. The van der Waals surface area contributed by atoms with Crippen LogP contribution in [0.25, 0.3) is 11.0 Å². The van der Waals surface area contributed by atoms with Gasteiger partial charge < -0.3 is 15.2 Å². The first-order chi connectivity index (χ1) is 13.4. The van der Waals surface area contributed by atoms with Gasteiger partial charge in [-0.2, -0.15) is 5.10 Å². The normalized spacial score (nSPS) is 11.0. The molecule has 28 heavy (non-hydrogen) atoms. The van der Waals surface area contributed by atoms with Crippen molar-refractivity contribution in [3.63, 3.8) is 0 Å². The number of benzene rings is 1. The molecule has 0 aliphatic carbocycles. The molecule has 2 N–H and O–H groups in total. The van der Waals surface area contributed by atoms with E-state index in [0.717, 1.165) is 22.5 Å². The second-order valence-corrected chi connectivity index (χ2v) is 6.99. The van der Waals surface area contributed by atoms with Gasteiger partial charge in [-0.15, -0.1) is 0 Å². The third kappa shape index (κ3) is 3.22. The summed E-state index contributed by atoms with van der Waals surface area (Å²) in [5, 5.41) is 8.36. The Kier molecular flexibility index (Phi) is 4.35. The van der Waals surface area contributed by atoms with Crippen molar-refractivity contribution in [2.75, 3.05) is 24.3 Å². The number of aromatic amines is 1. The number of H-pyrrole nitrogens is 1. The third-order valence-electron chi connectivity index (χ3n) is 4.65. The number of hydrogen-bond donors (Lipinski definition) is 2. The van der Waals surface area contributed by atoms with E-state index < -0.39 is 0 Å². The number of pyridine rings is 1. The van der Waals surface area contributed by atoms with Crippen molar-refractivity contribution >= 4 is 34.0 Å². The van der Waals surface area contributed by atoms with Crippen molar-refractivity contribution in [3.05, 3.63) is 65.6 Å². The van der Waals surface area contributed by atoms with E-state index in [1.165, 1.54) is 0 Å². The van der Waals surface area contributed by atoms with Crippen LogP contribution in [0.5, 0.6) is 0 Å². The lowest BCUT2D eigenvalue weighted by Gasteiger charge is -2.14. The average molecular weight is 374 g/mol. The van der Waals surface area contributed by atoms with Crippen molar-refractivity contribution in [1.29, 1.82) is 0 Å². The quantitative estimate of drug-likeness (QED) is 0.522. The summed E-state index contributed by atoms with van der Waals surface area (Å²) in [4.78, 5) is 22.7. The second-order valence-electron chi connectivity index (χ2n) is 6.99. The molecule has 7 heteroatoms. The van der Waals surface area contributed by atoms with E-state index in [1.54, 1.807) is 24.0 Å². The summed E-state index contributed by atoms with van der Waals surface area (Å²) >= 11 is 0. The van der Waals surface area contributed by atoms with Gasteiger partial charge in [0.2, 0.25) is 5.78 Å². The highest BCUT2D eigenvalue weighted by Crippen LogP contribution is 2.25. The predicted octanol–water partition coefficient (Wildman–Crippen LogP) is 3.65. The summed E-state index contributed by atoms with van der Waals surface area (Å²) in [6.45, 7) is 1.87. The van der Waals surface area contributed by atoms with Gasteiger partial charge in [-0.3, -0.25) is 9.48 Å². The Morgan fingerprint density at radius 3 is 2.71 bits per heavy atom. The molecule has 0 saturated heterocycles. The zero-order valence-corrected chi connectivity index (χ0v) is 16.3. The van der Waals surface area contributed by atoms with Gasteiger partial charge in [0, 0.05) is 44.1 Å². The molecule has 0 radical (unpaired) electrons. The van der Waals surface area contributed by atoms with E-state index in [2.05, 4.69) is 26.4 Å². The molecule has 0 aliphatic rings. The Hall–Kier alpha value is -3.61. The molecule has 3 heterocycles. The zero-order valence-electron chi connectivity index (χ0n) is 16.3. The minimum Gasteiger partial charge on any atom is -0.378 e. The molecule has 1 aromatic carbocycles. The van der Waals surface area contributed by atoms with Crippen molar-refractivity contribution in [2.24, 2.45) is 7.05 Å². The molecule has 4 rings (SSSR count). The number of nitrogens with one attached hydrogen (secondary N) is 2. The number of nitrogens with zero attached hydrogens (tertiary/aromatic N) is 4. The van der Waals surface area contributed by atoms with E-state index in [4.69, 9.17) is 0 Å². The van der Waals surface area contributed by atoms with Gasteiger partial charge >= 0.3 is 0 Å². The maximum Gasteiger partial charge on any atom is 0.213 e. The fourth-order valence-corrected chi connectivity index (χ4v) is 3.23. The number of ketones is 1. The molecule has 0 saturated carbocycles. The van der Waals surface area contributed by atoms with Crippen molar-refractivity contribution < 1.29 is 4.79 Å². The number of rotatable bonds is 5. The molecule has 0 amide bonds. The Bertz CT molecular complexity index is 1170. The number of fused-ring (bicyclic) bond motifs is 1. The van der Waals surface area contributed by atoms with Gasteiger partial charge in [0.05, 0.1) is 11.3 Å². The molecule has 0 unspecified atom stereocenters. The van der Waals surface area contributed by atoms with Crippen LogP contribution in [0, 0.1) is 6.92 Å². The van der Waals surface area contributed by atoms with E-state index in [1.807, 2.05) is 56.3 Å². The first kappa shape index (κ1) is 17.8. The van der Waals surface area contributed by atoms with Crippen molar-refractivity contribution in [2.45, 2.75) is 6.92 Å². The predicted molar refractivity (Wildman–Crippen MR) is 112 cm³/mol. The molecule has 142 valence electrons. The van der Waals surface area contributed by atoms with Crippen molar-refractivity contribution in [1.82, 2.24) is 19.7 Å². The monoisotopic (exact) mass is 374 g/mol. The van der Waals surface area contributed by atoms with E-state index >= 15 is 0 Å². The molecule has 0 aliphatic heterocycles. The minimum atomic E-state index is -0.0736. The van der Waals surface area contributed by atoms with E-state index in [-0.39, 0.29) is 5.78 Å². The number of aryl methyl sites for hydroxylation is 2. The fourth-order valence-electron chi connectivity index (χ4n) is 3.23. The van der Waals surface area contributed by atoms with Crippen molar-refractivity contribution in [3.8, 4) is 0 Å². The standard InChI is InChI=1S/C21H22N6O/c1-13-10-18(27(4)25-13)20(28)17-12-22-21-16(17)8-9-19(24-21)23-14-6-5-7-15(11-14)26(2)3/h5-12H,1-4H3,(H2,22,23,24). The molecular weight excluding hydrogens is 352 g/mol. The highest BCUT2D eigenvalue weighted by molar-refractivity contribution is 6.15. The Morgan fingerprint density at radius 2 is 2.00 bits per heavy atom. The minimum absolute atomic E-state index is 0.0736. The van der Waals surface area contributed by atoms with Gasteiger partial charge in [-0.1, -0.05) is 6.07 Å². The van der Waals surface area contributed by atoms with Crippen LogP contribution in [0.4, 0.5) is 17.2 Å². The first-order valence-electron chi connectivity index (χ1n) is 9.00. The summed E-state index contributed by atoms with van der Waals surface area (Å²) in [7, 11) is 5.78. The summed E-state index contributed by atoms with van der Waals surface area (Å²) in [5.74, 6) is 0.635. The van der Waals surface area contributed by atoms with Crippen LogP contribution >= 0.6 is 0 Å². The first-order valence-corrected chi connectivity index (χ1v) is 9.00. The third-order valence-corrected chi connectivity index (χ3v) is 4.65. The van der Waals surface area contributed by atoms with Gasteiger partial charge in [-0.25, -0.2) is 4.98 Å². The summed E-state index contributed by atoms with van der Waals surface area (Å²) in [6.07, 6.45) is 1.71. The highest BCUT2D eigenvalue weighted by atomic mass is 16.1. The molecule has 7 nitrogen and oxygen atoms in total. The second kappa shape index (κ2) is 6.84. The Labute approximate surface area is 163 Å².